The number of amides is 1. The van der Waals surface area contributed by atoms with Crippen LogP contribution in [0.3, 0.4) is 0 Å². The molecule has 1 aromatic carbocycles. The molecule has 1 amide bonds. The Morgan fingerprint density at radius 2 is 1.97 bits per heavy atom. The van der Waals surface area contributed by atoms with E-state index in [1.54, 1.807) is 12.4 Å². The van der Waals surface area contributed by atoms with Crippen molar-refractivity contribution in [2.45, 2.75) is 6.54 Å². The van der Waals surface area contributed by atoms with Crippen LogP contribution < -0.4 is 20.3 Å². The summed E-state index contributed by atoms with van der Waals surface area (Å²) in [6.07, 6.45) is 4.75. The summed E-state index contributed by atoms with van der Waals surface area (Å²) in [6, 6.07) is 11.2. The lowest BCUT2D eigenvalue weighted by Crippen LogP contribution is -2.27. The molecule has 0 spiro atoms. The number of carbonyl (C=O) groups is 1. The normalized spacial score (nSPS) is 10.9. The van der Waals surface area contributed by atoms with Gasteiger partial charge < -0.3 is 19.8 Å². The molecule has 0 aliphatic heterocycles. The first-order valence-corrected chi connectivity index (χ1v) is 11.5. The second-order valence-electron chi connectivity index (χ2n) is 7.29. The van der Waals surface area contributed by atoms with E-state index >= 15 is 0 Å². The third-order valence-electron chi connectivity index (χ3n) is 4.98. The van der Waals surface area contributed by atoms with Gasteiger partial charge in [0.15, 0.2) is 0 Å². The van der Waals surface area contributed by atoms with E-state index in [9.17, 15) is 9.59 Å². The van der Waals surface area contributed by atoms with Crippen molar-refractivity contribution in [3.8, 4) is 22.9 Å². The molecular formula is C23H19N7O4S. The topological polar surface area (TPSA) is 148 Å². The number of hydrogen-bond donors (Lipinski definition) is 3. The Morgan fingerprint density at radius 1 is 1.11 bits per heavy atom. The molecule has 0 radical (unpaired) electrons. The summed E-state index contributed by atoms with van der Waals surface area (Å²) in [5.41, 5.74) is 2.08. The number of ether oxygens (including phenoxy) is 2. The lowest BCUT2D eigenvalue weighted by Gasteiger charge is -2.09. The van der Waals surface area contributed by atoms with Gasteiger partial charge in [-0.05, 0) is 35.4 Å². The molecule has 0 saturated carbocycles. The molecule has 0 fully saturated rings. The molecule has 5 rings (SSSR count). The van der Waals surface area contributed by atoms with Crippen LogP contribution in [-0.2, 0) is 6.54 Å². The van der Waals surface area contributed by atoms with E-state index in [0.717, 1.165) is 16.7 Å². The number of aromatic amines is 2. The summed E-state index contributed by atoms with van der Waals surface area (Å²) in [6.45, 7) is 0.821. The van der Waals surface area contributed by atoms with Gasteiger partial charge in [0, 0.05) is 29.9 Å². The van der Waals surface area contributed by atoms with Crippen LogP contribution in [0.15, 0.2) is 65.3 Å². The summed E-state index contributed by atoms with van der Waals surface area (Å²) in [7, 11) is 0. The van der Waals surface area contributed by atoms with Gasteiger partial charge in [0.05, 0.1) is 5.39 Å². The summed E-state index contributed by atoms with van der Waals surface area (Å²) < 4.78 is 11.0. The lowest BCUT2D eigenvalue weighted by molar-refractivity contribution is 0.0940. The molecular weight excluding hydrogens is 470 g/mol. The highest BCUT2D eigenvalue weighted by atomic mass is 32.1. The van der Waals surface area contributed by atoms with E-state index in [2.05, 4.69) is 35.5 Å². The van der Waals surface area contributed by atoms with Gasteiger partial charge in [-0.25, -0.2) is 4.98 Å². The van der Waals surface area contributed by atoms with E-state index in [1.165, 1.54) is 17.7 Å². The second kappa shape index (κ2) is 10.1. The number of pyridine rings is 1. The van der Waals surface area contributed by atoms with Gasteiger partial charge in [-0.3, -0.25) is 19.7 Å². The molecule has 12 heteroatoms. The zero-order valence-electron chi connectivity index (χ0n) is 18.2. The lowest BCUT2D eigenvalue weighted by atomic mass is 10.1. The fourth-order valence-corrected chi connectivity index (χ4v) is 4.32. The highest BCUT2D eigenvalue weighted by molar-refractivity contribution is 7.17. The molecule has 5 aromatic rings. The fraction of sp³-hybridized carbons (Fsp3) is 0.130. The molecule has 3 N–H and O–H groups in total. The SMILES string of the molecule is O=C(NCc1cccc(OCCOc2nc[nH]n2)c1)c1nc2scc(-c3ccncc3)c2c(=O)[nH]1. The molecule has 4 aromatic heterocycles. The quantitative estimate of drug-likeness (QED) is 0.268. The van der Waals surface area contributed by atoms with Gasteiger partial charge in [-0.1, -0.05) is 12.1 Å². The van der Waals surface area contributed by atoms with Crippen molar-refractivity contribution < 1.29 is 14.3 Å². The number of fused-ring (bicyclic) bond motifs is 1. The van der Waals surface area contributed by atoms with Crippen molar-refractivity contribution in [3.63, 3.8) is 0 Å². The van der Waals surface area contributed by atoms with Gasteiger partial charge in [-0.15, -0.1) is 16.4 Å². The molecule has 0 aliphatic rings. The first-order chi connectivity index (χ1) is 17.2. The maximum Gasteiger partial charge on any atom is 0.335 e. The molecule has 11 nitrogen and oxygen atoms in total. The Kier molecular flexibility index (Phi) is 6.44. The maximum absolute atomic E-state index is 12.8. The van der Waals surface area contributed by atoms with Gasteiger partial charge in [0.1, 0.15) is 30.1 Å². The summed E-state index contributed by atoms with van der Waals surface area (Å²) in [5, 5.41) is 11.4. The summed E-state index contributed by atoms with van der Waals surface area (Å²) in [4.78, 5) is 40.8. The predicted molar refractivity (Wildman–Crippen MR) is 128 cm³/mol. The van der Waals surface area contributed by atoms with Gasteiger partial charge in [0.2, 0.25) is 5.82 Å². The van der Waals surface area contributed by atoms with E-state index in [0.29, 0.717) is 22.6 Å². The van der Waals surface area contributed by atoms with E-state index in [1.807, 2.05) is 41.8 Å². The zero-order chi connectivity index (χ0) is 24.0. The van der Waals surface area contributed by atoms with Crippen molar-refractivity contribution in [2.75, 3.05) is 13.2 Å². The number of nitrogens with zero attached hydrogens (tertiary/aromatic N) is 4. The molecule has 0 atom stereocenters. The number of H-pyrrole nitrogens is 2. The number of thiophene rings is 1. The number of nitrogens with one attached hydrogen (secondary N) is 3. The fourth-order valence-electron chi connectivity index (χ4n) is 3.37. The van der Waals surface area contributed by atoms with Crippen LogP contribution in [-0.4, -0.2) is 49.3 Å². The van der Waals surface area contributed by atoms with Crippen LogP contribution in [0.4, 0.5) is 0 Å². The highest BCUT2D eigenvalue weighted by Crippen LogP contribution is 2.30. The number of rotatable bonds is 9. The number of aromatic nitrogens is 6. The molecule has 35 heavy (non-hydrogen) atoms. The zero-order valence-corrected chi connectivity index (χ0v) is 19.0. The standard InChI is InChI=1S/C23H19N7O4S/c31-20-18-17(15-4-6-24-7-5-15)12-35-22(18)29-19(28-20)21(32)25-11-14-2-1-3-16(10-14)33-8-9-34-23-26-13-27-30-23/h1-7,10,12-13H,8-9,11H2,(H,25,32)(H,26,27,30)(H,28,29,31). The third kappa shape index (κ3) is 5.17. The smallest absolute Gasteiger partial charge is 0.335 e. The molecule has 176 valence electrons. The van der Waals surface area contributed by atoms with Crippen molar-refractivity contribution >= 4 is 27.5 Å². The minimum absolute atomic E-state index is 0.0397. The van der Waals surface area contributed by atoms with Crippen LogP contribution in [0, 0.1) is 0 Å². The number of benzene rings is 1. The van der Waals surface area contributed by atoms with Crippen LogP contribution in [0.5, 0.6) is 11.8 Å². The van der Waals surface area contributed by atoms with E-state index in [-0.39, 0.29) is 30.5 Å². The number of carbonyl (C=O) groups excluding carboxylic acids is 1. The predicted octanol–water partition coefficient (Wildman–Crippen LogP) is 2.55. The van der Waals surface area contributed by atoms with Gasteiger partial charge in [0.25, 0.3) is 11.5 Å². The minimum Gasteiger partial charge on any atom is -0.490 e. The Hall–Kier alpha value is -4.58. The number of hydrogen-bond acceptors (Lipinski definition) is 9. The van der Waals surface area contributed by atoms with Crippen LogP contribution in [0.2, 0.25) is 0 Å². The van der Waals surface area contributed by atoms with Crippen molar-refractivity contribution in [3.05, 3.63) is 82.2 Å². The van der Waals surface area contributed by atoms with Crippen molar-refractivity contribution in [1.82, 2.24) is 35.5 Å². The van der Waals surface area contributed by atoms with E-state index in [4.69, 9.17) is 9.47 Å². The average molecular weight is 490 g/mol. The average Bonchev–Trinajstić information content (AvgIpc) is 3.56. The first kappa shape index (κ1) is 22.2. The third-order valence-corrected chi connectivity index (χ3v) is 5.85. The monoisotopic (exact) mass is 489 g/mol. The van der Waals surface area contributed by atoms with Gasteiger partial charge >= 0.3 is 6.01 Å². The van der Waals surface area contributed by atoms with Crippen LogP contribution in [0.1, 0.15) is 16.2 Å². The summed E-state index contributed by atoms with van der Waals surface area (Å²) in [5.74, 6) is 0.113. The molecule has 0 saturated heterocycles. The van der Waals surface area contributed by atoms with E-state index < -0.39 is 5.91 Å². The second-order valence-corrected chi connectivity index (χ2v) is 8.15. The van der Waals surface area contributed by atoms with Crippen LogP contribution in [0.25, 0.3) is 21.3 Å². The minimum atomic E-state index is -0.478. The Labute approximate surface area is 202 Å². The van der Waals surface area contributed by atoms with Crippen molar-refractivity contribution in [1.29, 1.82) is 0 Å². The Bertz CT molecular complexity index is 1500. The largest absolute Gasteiger partial charge is 0.490 e. The first-order valence-electron chi connectivity index (χ1n) is 10.6. The highest BCUT2D eigenvalue weighted by Gasteiger charge is 2.16. The molecule has 0 bridgehead atoms. The Balaban J connectivity index is 1.21. The maximum atomic E-state index is 12.8. The molecule has 0 aliphatic carbocycles. The van der Waals surface area contributed by atoms with Gasteiger partial charge in [-0.2, -0.15) is 4.98 Å². The summed E-state index contributed by atoms with van der Waals surface area (Å²) >= 11 is 1.31. The Morgan fingerprint density at radius 3 is 2.80 bits per heavy atom. The molecule has 0 unspecified atom stereocenters. The van der Waals surface area contributed by atoms with Crippen molar-refractivity contribution in [2.24, 2.45) is 0 Å². The van der Waals surface area contributed by atoms with Crippen LogP contribution >= 0.6 is 11.3 Å². The molecule has 4 heterocycles.